The Hall–Kier alpha value is -0.580. The lowest BCUT2D eigenvalue weighted by molar-refractivity contribution is 0.189. The quantitative estimate of drug-likeness (QED) is 0.900. The molecule has 2 aliphatic rings. The lowest BCUT2D eigenvalue weighted by Gasteiger charge is -2.33. The summed E-state index contributed by atoms with van der Waals surface area (Å²) in [5.41, 5.74) is 2.63. The third-order valence-corrected chi connectivity index (χ3v) is 5.37. The predicted molar refractivity (Wildman–Crippen MR) is 89.9 cm³/mol. The Bertz CT molecular complexity index is 498. The molecular formula is C17H25BrN2O. The van der Waals surface area contributed by atoms with E-state index in [2.05, 4.69) is 52.3 Å². The Balaban J connectivity index is 1.60. The monoisotopic (exact) mass is 352 g/mol. The number of ether oxygens (including phenoxy) is 1. The predicted octanol–water partition coefficient (Wildman–Crippen LogP) is 3.20. The van der Waals surface area contributed by atoms with E-state index < -0.39 is 0 Å². The Kier molecular flexibility index (Phi) is 4.87. The van der Waals surface area contributed by atoms with Gasteiger partial charge in [-0.1, -0.05) is 15.9 Å². The Morgan fingerprint density at radius 2 is 2.14 bits per heavy atom. The van der Waals surface area contributed by atoms with Crippen LogP contribution in [0, 0.1) is 5.92 Å². The van der Waals surface area contributed by atoms with Gasteiger partial charge in [0, 0.05) is 29.0 Å². The smallest absolute Gasteiger partial charge is 0.127 e. The number of likely N-dealkylation sites (tertiary alicyclic amines) is 1. The number of fused-ring (bicyclic) bond motifs is 1. The average Bonchev–Trinajstić information content (AvgIpc) is 2.93. The minimum atomic E-state index is 0.565. The normalized spacial score (nSPS) is 21.1. The van der Waals surface area contributed by atoms with Crippen molar-refractivity contribution in [1.29, 1.82) is 0 Å². The van der Waals surface area contributed by atoms with Crippen molar-refractivity contribution in [1.82, 2.24) is 10.2 Å². The Morgan fingerprint density at radius 1 is 1.38 bits per heavy atom. The van der Waals surface area contributed by atoms with E-state index in [1.165, 1.54) is 37.1 Å². The molecule has 1 atom stereocenters. The molecule has 1 unspecified atom stereocenters. The first-order chi connectivity index (χ1) is 10.1. The molecule has 0 amide bonds. The van der Waals surface area contributed by atoms with Gasteiger partial charge in [0.25, 0.3) is 0 Å². The number of nitrogens with one attached hydrogen (secondary N) is 1. The number of halogens is 1. The molecule has 0 aromatic heterocycles. The van der Waals surface area contributed by atoms with E-state index in [1.54, 1.807) is 0 Å². The van der Waals surface area contributed by atoms with Gasteiger partial charge in [-0.3, -0.25) is 0 Å². The highest BCUT2D eigenvalue weighted by Gasteiger charge is 2.23. The van der Waals surface area contributed by atoms with Crippen LogP contribution in [0.4, 0.5) is 0 Å². The number of rotatable bonds is 4. The van der Waals surface area contributed by atoms with Gasteiger partial charge in [0.1, 0.15) is 5.75 Å². The van der Waals surface area contributed by atoms with Gasteiger partial charge in [0.15, 0.2) is 0 Å². The SMILES string of the molecule is CC(NCc1cc(Br)cc2c1OCC2)C1CCN(C)CC1. The fraction of sp³-hybridized carbons (Fsp3) is 0.647. The molecule has 2 aliphatic heterocycles. The molecule has 0 aliphatic carbocycles. The van der Waals surface area contributed by atoms with Crippen molar-refractivity contribution in [3.05, 3.63) is 27.7 Å². The minimum Gasteiger partial charge on any atom is -0.493 e. The van der Waals surface area contributed by atoms with Gasteiger partial charge >= 0.3 is 0 Å². The highest BCUT2D eigenvalue weighted by Crippen LogP contribution is 2.33. The molecule has 3 nitrogen and oxygen atoms in total. The molecule has 1 N–H and O–H groups in total. The van der Waals surface area contributed by atoms with Crippen LogP contribution >= 0.6 is 15.9 Å². The summed E-state index contributed by atoms with van der Waals surface area (Å²) in [7, 11) is 2.22. The van der Waals surface area contributed by atoms with Crippen LogP contribution in [0.2, 0.25) is 0 Å². The van der Waals surface area contributed by atoms with Gasteiger partial charge in [0.2, 0.25) is 0 Å². The van der Waals surface area contributed by atoms with Gasteiger partial charge in [-0.15, -0.1) is 0 Å². The molecule has 0 radical (unpaired) electrons. The lowest BCUT2D eigenvalue weighted by Crippen LogP contribution is -2.40. The van der Waals surface area contributed by atoms with E-state index in [0.29, 0.717) is 6.04 Å². The van der Waals surface area contributed by atoms with Gasteiger partial charge in [-0.05, 0) is 63.5 Å². The van der Waals surface area contributed by atoms with Crippen LogP contribution in [0.25, 0.3) is 0 Å². The number of piperidine rings is 1. The molecule has 3 rings (SSSR count). The van der Waals surface area contributed by atoms with Crippen LogP contribution in [-0.2, 0) is 13.0 Å². The van der Waals surface area contributed by atoms with E-state index in [1.807, 2.05) is 0 Å². The van der Waals surface area contributed by atoms with Crippen LogP contribution in [0.15, 0.2) is 16.6 Å². The second-order valence-electron chi connectivity index (χ2n) is 6.46. The first-order valence-electron chi connectivity index (χ1n) is 7.99. The van der Waals surface area contributed by atoms with Crippen molar-refractivity contribution >= 4 is 15.9 Å². The van der Waals surface area contributed by atoms with E-state index in [0.717, 1.165) is 35.7 Å². The van der Waals surface area contributed by atoms with E-state index in [-0.39, 0.29) is 0 Å². The van der Waals surface area contributed by atoms with Crippen molar-refractivity contribution in [3.8, 4) is 5.75 Å². The van der Waals surface area contributed by atoms with Crippen molar-refractivity contribution in [2.75, 3.05) is 26.7 Å². The molecule has 4 heteroatoms. The molecule has 1 aromatic rings. The summed E-state index contributed by atoms with van der Waals surface area (Å²) in [5, 5.41) is 3.72. The zero-order valence-corrected chi connectivity index (χ0v) is 14.6. The van der Waals surface area contributed by atoms with Crippen LogP contribution in [0.3, 0.4) is 0 Å². The lowest BCUT2D eigenvalue weighted by atomic mass is 9.90. The maximum absolute atomic E-state index is 5.81. The van der Waals surface area contributed by atoms with Crippen molar-refractivity contribution < 1.29 is 4.74 Å². The van der Waals surface area contributed by atoms with Crippen LogP contribution in [-0.4, -0.2) is 37.7 Å². The molecular weight excluding hydrogens is 328 g/mol. The molecule has 1 aromatic carbocycles. The van der Waals surface area contributed by atoms with E-state index in [4.69, 9.17) is 4.74 Å². The molecule has 1 saturated heterocycles. The summed E-state index contributed by atoms with van der Waals surface area (Å²) >= 11 is 3.62. The first kappa shape index (κ1) is 15.3. The second-order valence-corrected chi connectivity index (χ2v) is 7.38. The Labute approximate surface area is 136 Å². The third kappa shape index (κ3) is 3.61. The largest absolute Gasteiger partial charge is 0.493 e. The molecule has 0 spiro atoms. The zero-order chi connectivity index (χ0) is 14.8. The third-order valence-electron chi connectivity index (χ3n) is 4.91. The van der Waals surface area contributed by atoms with Crippen LogP contribution in [0.5, 0.6) is 5.75 Å². The summed E-state index contributed by atoms with van der Waals surface area (Å²) in [6.45, 7) is 6.51. The van der Waals surface area contributed by atoms with E-state index >= 15 is 0 Å². The number of benzene rings is 1. The highest BCUT2D eigenvalue weighted by atomic mass is 79.9. The average molecular weight is 353 g/mol. The second kappa shape index (κ2) is 6.67. The maximum Gasteiger partial charge on any atom is 0.127 e. The number of hydrogen-bond donors (Lipinski definition) is 1. The topological polar surface area (TPSA) is 24.5 Å². The molecule has 21 heavy (non-hydrogen) atoms. The fourth-order valence-corrected chi connectivity index (χ4v) is 4.00. The molecule has 2 heterocycles. The highest BCUT2D eigenvalue weighted by molar-refractivity contribution is 9.10. The summed E-state index contributed by atoms with van der Waals surface area (Å²) in [5.74, 6) is 1.91. The standard InChI is InChI=1S/C17H25BrN2O/c1-12(13-3-6-20(2)7-4-13)19-11-15-10-16(18)9-14-5-8-21-17(14)15/h9-10,12-13,19H,3-8,11H2,1-2H3. The molecule has 0 bridgehead atoms. The van der Waals surface area contributed by atoms with Crippen molar-refractivity contribution in [3.63, 3.8) is 0 Å². The molecule has 1 fully saturated rings. The molecule has 116 valence electrons. The number of hydrogen-bond acceptors (Lipinski definition) is 3. The summed E-state index contributed by atoms with van der Waals surface area (Å²) in [4.78, 5) is 2.43. The van der Waals surface area contributed by atoms with Crippen molar-refractivity contribution in [2.24, 2.45) is 5.92 Å². The van der Waals surface area contributed by atoms with Gasteiger partial charge in [-0.25, -0.2) is 0 Å². The first-order valence-corrected chi connectivity index (χ1v) is 8.79. The zero-order valence-electron chi connectivity index (χ0n) is 13.0. The summed E-state index contributed by atoms with van der Waals surface area (Å²) in [6, 6.07) is 4.94. The van der Waals surface area contributed by atoms with Gasteiger partial charge in [-0.2, -0.15) is 0 Å². The Morgan fingerprint density at radius 3 is 2.90 bits per heavy atom. The molecule has 0 saturated carbocycles. The maximum atomic E-state index is 5.81. The minimum absolute atomic E-state index is 0.565. The van der Waals surface area contributed by atoms with Crippen molar-refractivity contribution in [2.45, 2.75) is 38.8 Å². The number of nitrogens with zero attached hydrogens (tertiary/aromatic N) is 1. The van der Waals surface area contributed by atoms with Gasteiger partial charge in [0.05, 0.1) is 6.61 Å². The van der Waals surface area contributed by atoms with E-state index in [9.17, 15) is 0 Å². The van der Waals surface area contributed by atoms with Gasteiger partial charge < -0.3 is 15.0 Å². The fourth-order valence-electron chi connectivity index (χ4n) is 3.44. The van der Waals surface area contributed by atoms with Crippen LogP contribution in [0.1, 0.15) is 30.9 Å². The summed E-state index contributed by atoms with van der Waals surface area (Å²) < 4.78 is 6.97. The summed E-state index contributed by atoms with van der Waals surface area (Å²) in [6.07, 6.45) is 3.64. The van der Waals surface area contributed by atoms with Crippen LogP contribution < -0.4 is 10.1 Å².